The summed E-state index contributed by atoms with van der Waals surface area (Å²) in [5.41, 5.74) is 9.84. The molecule has 1 amide bonds. The van der Waals surface area contributed by atoms with E-state index in [4.69, 9.17) is 5.73 Å². The van der Waals surface area contributed by atoms with Gasteiger partial charge >= 0.3 is 0 Å². The van der Waals surface area contributed by atoms with Gasteiger partial charge in [0.2, 0.25) is 5.91 Å². The van der Waals surface area contributed by atoms with E-state index in [1.54, 1.807) is 11.8 Å². The third-order valence-corrected chi connectivity index (χ3v) is 7.53. The van der Waals surface area contributed by atoms with Crippen molar-refractivity contribution in [2.45, 2.75) is 55.0 Å². The molecule has 0 radical (unpaired) electrons. The van der Waals surface area contributed by atoms with Crippen LogP contribution in [0.5, 0.6) is 0 Å². The molecule has 0 aromatic heterocycles. The highest BCUT2D eigenvalue weighted by Gasteiger charge is 2.36. The van der Waals surface area contributed by atoms with Crippen LogP contribution < -0.4 is 16.0 Å². The minimum Gasteiger partial charge on any atom is -0.395 e. The van der Waals surface area contributed by atoms with Crippen molar-refractivity contribution < 1.29 is 9.90 Å². The normalized spacial score (nSPS) is 18.0. The fourth-order valence-corrected chi connectivity index (χ4v) is 5.56. The van der Waals surface area contributed by atoms with Crippen LogP contribution >= 0.6 is 11.8 Å². The van der Waals surface area contributed by atoms with Crippen LogP contribution in [-0.2, 0) is 11.2 Å². The van der Waals surface area contributed by atoms with Crippen LogP contribution in [0, 0.1) is 11.3 Å². The van der Waals surface area contributed by atoms with E-state index in [1.165, 1.54) is 4.90 Å². The molecule has 4 rings (SSSR count). The quantitative estimate of drug-likeness (QED) is 0.597. The molecule has 2 aromatic rings. The van der Waals surface area contributed by atoms with Crippen molar-refractivity contribution in [3.8, 4) is 17.2 Å². The van der Waals surface area contributed by atoms with Gasteiger partial charge in [-0.05, 0) is 41.7 Å². The SMILES string of the molecule is N#C[C@@H](Cc1ccc(-c2ccc3c(c2)N(CCO)CS3)cc1)NC(=O)C1(N)CCCCC1. The first kappa shape index (κ1) is 22.7. The molecule has 7 heteroatoms. The number of aliphatic hydroxyl groups is 1. The third kappa shape index (κ3) is 4.93. The maximum atomic E-state index is 12.7. The Bertz CT molecular complexity index is 994. The number of nitriles is 1. The van der Waals surface area contributed by atoms with Gasteiger partial charge < -0.3 is 21.1 Å². The lowest BCUT2D eigenvalue weighted by atomic mass is 9.81. The number of rotatable bonds is 7. The zero-order valence-electron chi connectivity index (χ0n) is 18.2. The fourth-order valence-electron chi connectivity index (χ4n) is 4.50. The molecule has 32 heavy (non-hydrogen) atoms. The van der Waals surface area contributed by atoms with E-state index in [2.05, 4.69) is 46.6 Å². The molecular formula is C25H30N4O2S. The number of β-amino-alcohol motifs (C(OH)–C–C–N with tert-alkyl or cyclic N) is 1. The summed E-state index contributed by atoms with van der Waals surface area (Å²) in [5, 5.41) is 21.7. The van der Waals surface area contributed by atoms with Crippen LogP contribution in [0.3, 0.4) is 0 Å². The number of carbonyl (C=O) groups excluding carboxylic acids is 1. The molecule has 0 spiro atoms. The summed E-state index contributed by atoms with van der Waals surface area (Å²) in [6.07, 6.45) is 4.84. The number of anilines is 1. The second-order valence-corrected chi connectivity index (χ2v) is 9.70. The van der Waals surface area contributed by atoms with Crippen LogP contribution in [0.25, 0.3) is 11.1 Å². The lowest BCUT2D eigenvalue weighted by molar-refractivity contribution is -0.127. The number of hydrogen-bond donors (Lipinski definition) is 3. The van der Waals surface area contributed by atoms with Crippen LogP contribution in [0.4, 0.5) is 5.69 Å². The van der Waals surface area contributed by atoms with Crippen molar-refractivity contribution in [2.75, 3.05) is 23.9 Å². The maximum absolute atomic E-state index is 12.7. The zero-order valence-corrected chi connectivity index (χ0v) is 19.0. The Balaban J connectivity index is 1.42. The largest absolute Gasteiger partial charge is 0.395 e. The molecular weight excluding hydrogens is 420 g/mol. The first-order valence-corrected chi connectivity index (χ1v) is 12.2. The second kappa shape index (κ2) is 9.95. The molecule has 0 unspecified atom stereocenters. The Morgan fingerprint density at radius 2 is 1.91 bits per heavy atom. The van der Waals surface area contributed by atoms with E-state index in [9.17, 15) is 15.2 Å². The number of fused-ring (bicyclic) bond motifs is 1. The predicted octanol–water partition coefficient (Wildman–Crippen LogP) is 3.43. The first-order valence-electron chi connectivity index (χ1n) is 11.2. The van der Waals surface area contributed by atoms with Gasteiger partial charge in [0, 0.05) is 17.9 Å². The summed E-state index contributed by atoms with van der Waals surface area (Å²) in [5.74, 6) is 0.660. The van der Waals surface area contributed by atoms with Gasteiger partial charge in [-0.25, -0.2) is 0 Å². The molecule has 0 saturated heterocycles. The molecule has 6 nitrogen and oxygen atoms in total. The van der Waals surface area contributed by atoms with Gasteiger partial charge in [-0.15, -0.1) is 11.8 Å². The van der Waals surface area contributed by atoms with Crippen molar-refractivity contribution >= 4 is 23.4 Å². The summed E-state index contributed by atoms with van der Waals surface area (Å²) in [6.45, 7) is 0.772. The average molecular weight is 451 g/mol. The van der Waals surface area contributed by atoms with Crippen LogP contribution in [-0.4, -0.2) is 41.6 Å². The van der Waals surface area contributed by atoms with Crippen molar-refractivity contribution in [2.24, 2.45) is 5.73 Å². The predicted molar refractivity (Wildman–Crippen MR) is 128 cm³/mol. The van der Waals surface area contributed by atoms with Crippen LogP contribution in [0.15, 0.2) is 47.4 Å². The number of carbonyl (C=O) groups is 1. The lowest BCUT2D eigenvalue weighted by Gasteiger charge is -2.32. The lowest BCUT2D eigenvalue weighted by Crippen LogP contribution is -2.57. The Hall–Kier alpha value is -2.53. The molecule has 1 heterocycles. The Kier molecular flexibility index (Phi) is 7.04. The first-order chi connectivity index (χ1) is 15.5. The van der Waals surface area contributed by atoms with Gasteiger partial charge in [-0.2, -0.15) is 5.26 Å². The summed E-state index contributed by atoms with van der Waals surface area (Å²) in [4.78, 5) is 16.1. The molecule has 0 bridgehead atoms. The topological polar surface area (TPSA) is 102 Å². The monoisotopic (exact) mass is 450 g/mol. The number of nitrogens with two attached hydrogens (primary N) is 1. The summed E-state index contributed by atoms with van der Waals surface area (Å²) < 4.78 is 0. The minimum absolute atomic E-state index is 0.140. The number of nitrogens with zero attached hydrogens (tertiary/aromatic N) is 2. The molecule has 1 fully saturated rings. The molecule has 168 valence electrons. The van der Waals surface area contributed by atoms with Gasteiger partial charge in [-0.1, -0.05) is 49.6 Å². The number of amides is 1. The number of benzene rings is 2. The Morgan fingerprint density at radius 3 is 2.59 bits per heavy atom. The van der Waals surface area contributed by atoms with E-state index >= 15 is 0 Å². The molecule has 2 aromatic carbocycles. The van der Waals surface area contributed by atoms with Crippen molar-refractivity contribution in [1.29, 1.82) is 5.26 Å². The highest BCUT2D eigenvalue weighted by molar-refractivity contribution is 7.99. The van der Waals surface area contributed by atoms with Gasteiger partial charge in [0.25, 0.3) is 0 Å². The fraction of sp³-hybridized carbons (Fsp3) is 0.440. The van der Waals surface area contributed by atoms with E-state index in [0.717, 1.165) is 47.5 Å². The van der Waals surface area contributed by atoms with E-state index in [0.29, 0.717) is 25.8 Å². The second-order valence-electron chi connectivity index (χ2n) is 8.72. The van der Waals surface area contributed by atoms with Gasteiger partial charge in [0.15, 0.2) is 0 Å². The average Bonchev–Trinajstić information content (AvgIpc) is 3.22. The molecule has 1 saturated carbocycles. The Labute approximate surface area is 193 Å². The standard InChI is InChI=1S/C25H30N4O2S/c26-16-21(28-24(31)25(27)10-2-1-3-11-25)14-18-4-6-19(7-5-18)20-8-9-23-22(15-20)29(12-13-30)17-32-23/h4-9,15,21,30H,1-3,10-14,17,27H2,(H,28,31)/t21-/m1/s1. The smallest absolute Gasteiger partial charge is 0.241 e. The van der Waals surface area contributed by atoms with E-state index in [1.807, 2.05) is 12.1 Å². The summed E-state index contributed by atoms with van der Waals surface area (Å²) in [6, 6.07) is 16.2. The summed E-state index contributed by atoms with van der Waals surface area (Å²) in [7, 11) is 0. The number of hydrogen-bond acceptors (Lipinski definition) is 6. The van der Waals surface area contributed by atoms with Gasteiger partial charge in [-0.3, -0.25) is 4.79 Å². The van der Waals surface area contributed by atoms with Crippen molar-refractivity contribution in [3.63, 3.8) is 0 Å². The summed E-state index contributed by atoms with van der Waals surface area (Å²) >= 11 is 1.79. The van der Waals surface area contributed by atoms with E-state index < -0.39 is 11.6 Å². The molecule has 1 atom stereocenters. The molecule has 4 N–H and O–H groups in total. The molecule has 1 aliphatic carbocycles. The molecule has 1 aliphatic heterocycles. The maximum Gasteiger partial charge on any atom is 0.241 e. The van der Waals surface area contributed by atoms with Gasteiger partial charge in [0.05, 0.1) is 29.8 Å². The number of thioether (sulfide) groups is 1. The van der Waals surface area contributed by atoms with Gasteiger partial charge in [0.1, 0.15) is 6.04 Å². The van der Waals surface area contributed by atoms with Crippen molar-refractivity contribution in [3.05, 3.63) is 48.0 Å². The number of nitrogens with one attached hydrogen (secondary N) is 1. The number of aliphatic hydroxyl groups excluding tert-OH is 1. The highest BCUT2D eigenvalue weighted by Crippen LogP contribution is 2.40. The molecule has 2 aliphatic rings. The van der Waals surface area contributed by atoms with E-state index in [-0.39, 0.29) is 12.5 Å². The van der Waals surface area contributed by atoms with Crippen LogP contribution in [0.2, 0.25) is 0 Å². The van der Waals surface area contributed by atoms with Crippen LogP contribution in [0.1, 0.15) is 37.7 Å². The highest BCUT2D eigenvalue weighted by atomic mass is 32.2. The minimum atomic E-state index is -0.840. The zero-order chi connectivity index (χ0) is 22.6. The van der Waals surface area contributed by atoms with Crippen molar-refractivity contribution in [1.82, 2.24) is 5.32 Å². The Morgan fingerprint density at radius 1 is 1.19 bits per heavy atom. The third-order valence-electron chi connectivity index (χ3n) is 6.43.